The van der Waals surface area contributed by atoms with Crippen molar-refractivity contribution in [1.29, 1.82) is 0 Å². The van der Waals surface area contributed by atoms with E-state index in [4.69, 9.17) is 14.2 Å². The summed E-state index contributed by atoms with van der Waals surface area (Å²) in [5.74, 6) is -0.974. The van der Waals surface area contributed by atoms with E-state index in [-0.39, 0.29) is 37.5 Å². The zero-order valence-corrected chi connectivity index (χ0v) is 44.0. The molecule has 0 amide bonds. The van der Waals surface area contributed by atoms with Gasteiger partial charge in [-0.25, -0.2) is 0 Å². The molecule has 0 heterocycles. The predicted octanol–water partition coefficient (Wildman–Crippen LogP) is 19.0. The van der Waals surface area contributed by atoms with E-state index in [1.165, 1.54) is 186 Å². The highest BCUT2D eigenvalue weighted by Crippen LogP contribution is 2.17. The zero-order valence-electron chi connectivity index (χ0n) is 44.0. The van der Waals surface area contributed by atoms with Gasteiger partial charge >= 0.3 is 17.9 Å². The molecule has 0 spiro atoms. The van der Waals surface area contributed by atoms with E-state index in [2.05, 4.69) is 57.2 Å². The summed E-state index contributed by atoms with van der Waals surface area (Å²) >= 11 is 0. The Labute approximate surface area is 409 Å². The standard InChI is InChI=1S/C60H108O6/c1-4-7-10-13-16-19-21-23-24-25-26-27-28-29-30-31-32-33-34-35-36-38-39-41-44-47-50-53-59(62)65-56-57(55-64-58(61)52-49-46-43-18-15-12-9-6-3)66-60(63)54-51-48-45-42-40-37-22-20-17-14-11-8-5-2/h8,11,17,20,37,40,45,48,57H,4-7,9-10,12-16,18-19,21-36,38-39,41-44,46-47,49-56H2,1-3H3/b11-8-,20-17-,40-37-,48-45-. The van der Waals surface area contributed by atoms with Crippen LogP contribution in [-0.4, -0.2) is 37.2 Å². The van der Waals surface area contributed by atoms with Crippen LogP contribution in [0.5, 0.6) is 0 Å². The summed E-state index contributed by atoms with van der Waals surface area (Å²) in [5.41, 5.74) is 0. The van der Waals surface area contributed by atoms with Crippen molar-refractivity contribution in [2.45, 2.75) is 303 Å². The van der Waals surface area contributed by atoms with Gasteiger partial charge in [0.05, 0.1) is 0 Å². The first-order chi connectivity index (χ1) is 32.5. The van der Waals surface area contributed by atoms with Gasteiger partial charge in [-0.3, -0.25) is 14.4 Å². The Bertz CT molecular complexity index is 1150. The van der Waals surface area contributed by atoms with Crippen molar-refractivity contribution in [3.8, 4) is 0 Å². The van der Waals surface area contributed by atoms with E-state index in [9.17, 15) is 14.4 Å². The maximum atomic E-state index is 12.7. The quantitative estimate of drug-likeness (QED) is 0.0262. The molecular formula is C60H108O6. The molecule has 6 heteroatoms. The molecule has 0 aliphatic rings. The number of allylic oxidation sites excluding steroid dienone is 8. The van der Waals surface area contributed by atoms with Crippen molar-refractivity contribution in [3.63, 3.8) is 0 Å². The molecule has 0 aromatic rings. The van der Waals surface area contributed by atoms with Crippen molar-refractivity contribution in [2.24, 2.45) is 0 Å². The molecule has 0 saturated heterocycles. The van der Waals surface area contributed by atoms with Gasteiger partial charge in [-0.1, -0.05) is 281 Å². The SMILES string of the molecule is CC/C=C\C/C=C\C/C=C\C/C=C\CCC(=O)OC(COC(=O)CCCCCCCCCC)COC(=O)CCCCCCCCCCCCCCCCCCCCCCCCCCCCC. The summed E-state index contributed by atoms with van der Waals surface area (Å²) in [6, 6.07) is 0. The minimum absolute atomic E-state index is 0.0981. The fourth-order valence-corrected chi connectivity index (χ4v) is 8.34. The topological polar surface area (TPSA) is 78.9 Å². The Morgan fingerprint density at radius 3 is 0.894 bits per heavy atom. The van der Waals surface area contributed by atoms with E-state index >= 15 is 0 Å². The lowest BCUT2D eigenvalue weighted by Crippen LogP contribution is -2.30. The van der Waals surface area contributed by atoms with Gasteiger partial charge in [0.1, 0.15) is 13.2 Å². The lowest BCUT2D eigenvalue weighted by Gasteiger charge is -2.18. The second-order valence-electron chi connectivity index (χ2n) is 19.2. The molecule has 384 valence electrons. The molecule has 6 nitrogen and oxygen atoms in total. The largest absolute Gasteiger partial charge is 0.462 e. The van der Waals surface area contributed by atoms with Crippen LogP contribution in [0.25, 0.3) is 0 Å². The molecule has 0 radical (unpaired) electrons. The van der Waals surface area contributed by atoms with Gasteiger partial charge in [-0.15, -0.1) is 0 Å². The number of hydrogen-bond acceptors (Lipinski definition) is 6. The molecule has 1 atom stereocenters. The highest BCUT2D eigenvalue weighted by molar-refractivity contribution is 5.71. The molecule has 66 heavy (non-hydrogen) atoms. The number of carbonyl (C=O) groups is 3. The molecule has 0 aliphatic heterocycles. The third-order valence-corrected chi connectivity index (χ3v) is 12.6. The summed E-state index contributed by atoms with van der Waals surface area (Å²) in [4.78, 5) is 37.8. The van der Waals surface area contributed by atoms with Gasteiger partial charge in [0.25, 0.3) is 0 Å². The van der Waals surface area contributed by atoms with Gasteiger partial charge in [0.2, 0.25) is 0 Å². The van der Waals surface area contributed by atoms with Crippen molar-refractivity contribution in [2.75, 3.05) is 13.2 Å². The summed E-state index contributed by atoms with van der Waals surface area (Å²) in [6.45, 7) is 6.46. The van der Waals surface area contributed by atoms with Crippen LogP contribution in [-0.2, 0) is 28.6 Å². The van der Waals surface area contributed by atoms with Crippen LogP contribution >= 0.6 is 0 Å². The number of unbranched alkanes of at least 4 members (excludes halogenated alkanes) is 33. The molecule has 0 saturated carbocycles. The smallest absolute Gasteiger partial charge is 0.306 e. The molecule has 0 rings (SSSR count). The van der Waals surface area contributed by atoms with E-state index in [0.717, 1.165) is 64.2 Å². The molecule has 0 fully saturated rings. The summed E-state index contributed by atoms with van der Waals surface area (Å²) in [7, 11) is 0. The molecule has 0 bridgehead atoms. The van der Waals surface area contributed by atoms with Crippen molar-refractivity contribution in [1.82, 2.24) is 0 Å². The lowest BCUT2D eigenvalue weighted by molar-refractivity contribution is -0.166. The first-order valence-corrected chi connectivity index (χ1v) is 28.6. The number of hydrogen-bond donors (Lipinski definition) is 0. The average molecular weight is 926 g/mol. The molecule has 0 aromatic carbocycles. The maximum absolute atomic E-state index is 12.7. The normalized spacial score (nSPS) is 12.3. The molecule has 0 aliphatic carbocycles. The minimum Gasteiger partial charge on any atom is -0.462 e. The molecule has 0 N–H and O–H groups in total. The third-order valence-electron chi connectivity index (χ3n) is 12.6. The number of ether oxygens (including phenoxy) is 3. The second-order valence-corrected chi connectivity index (χ2v) is 19.2. The van der Waals surface area contributed by atoms with Crippen molar-refractivity contribution < 1.29 is 28.6 Å². The number of esters is 3. The van der Waals surface area contributed by atoms with Crippen molar-refractivity contribution in [3.05, 3.63) is 48.6 Å². The van der Waals surface area contributed by atoms with Gasteiger partial charge in [-0.05, 0) is 44.9 Å². The summed E-state index contributed by atoms with van der Waals surface area (Å²) < 4.78 is 16.7. The first kappa shape index (κ1) is 63.4. The van der Waals surface area contributed by atoms with Gasteiger partial charge in [0, 0.05) is 19.3 Å². The van der Waals surface area contributed by atoms with Crippen LogP contribution in [0.2, 0.25) is 0 Å². The van der Waals surface area contributed by atoms with Crippen LogP contribution in [0.1, 0.15) is 297 Å². The summed E-state index contributed by atoms with van der Waals surface area (Å²) in [5, 5.41) is 0. The molecular weight excluding hydrogens is 817 g/mol. The van der Waals surface area contributed by atoms with Gasteiger partial charge in [-0.2, -0.15) is 0 Å². The predicted molar refractivity (Wildman–Crippen MR) is 284 cm³/mol. The zero-order chi connectivity index (χ0) is 47.9. The first-order valence-electron chi connectivity index (χ1n) is 28.6. The van der Waals surface area contributed by atoms with E-state index in [0.29, 0.717) is 19.3 Å². The Kier molecular flexibility index (Phi) is 52.8. The van der Waals surface area contributed by atoms with Gasteiger partial charge in [0.15, 0.2) is 6.10 Å². The Morgan fingerprint density at radius 2 is 0.591 bits per heavy atom. The van der Waals surface area contributed by atoms with E-state index in [1.807, 2.05) is 12.2 Å². The Hall–Kier alpha value is -2.63. The van der Waals surface area contributed by atoms with Crippen LogP contribution in [0.15, 0.2) is 48.6 Å². The summed E-state index contributed by atoms with van der Waals surface area (Å²) in [6.07, 6.45) is 67.3. The van der Waals surface area contributed by atoms with Crippen LogP contribution in [0, 0.1) is 0 Å². The van der Waals surface area contributed by atoms with Crippen LogP contribution in [0.3, 0.4) is 0 Å². The lowest BCUT2D eigenvalue weighted by atomic mass is 10.0. The monoisotopic (exact) mass is 925 g/mol. The Balaban J connectivity index is 4.10. The fraction of sp³-hybridized carbons (Fsp3) is 0.817. The third kappa shape index (κ3) is 52.3. The Morgan fingerprint density at radius 1 is 0.318 bits per heavy atom. The van der Waals surface area contributed by atoms with Crippen molar-refractivity contribution >= 4 is 17.9 Å². The fourth-order valence-electron chi connectivity index (χ4n) is 8.34. The minimum atomic E-state index is -0.805. The highest BCUT2D eigenvalue weighted by atomic mass is 16.6. The average Bonchev–Trinajstić information content (AvgIpc) is 3.31. The molecule has 1 unspecified atom stereocenters. The van der Waals surface area contributed by atoms with E-state index < -0.39 is 6.10 Å². The van der Waals surface area contributed by atoms with Gasteiger partial charge < -0.3 is 14.2 Å². The number of rotatable bonds is 52. The van der Waals surface area contributed by atoms with Crippen LogP contribution in [0.4, 0.5) is 0 Å². The maximum Gasteiger partial charge on any atom is 0.306 e. The van der Waals surface area contributed by atoms with Crippen LogP contribution < -0.4 is 0 Å². The van der Waals surface area contributed by atoms with E-state index in [1.54, 1.807) is 0 Å². The second kappa shape index (κ2) is 55.0. The number of carbonyl (C=O) groups excluding carboxylic acids is 3. The highest BCUT2D eigenvalue weighted by Gasteiger charge is 2.19. The molecule has 0 aromatic heterocycles.